The molecule has 1 amide bonds. The molecule has 0 unspecified atom stereocenters. The molecule has 0 radical (unpaired) electrons. The van der Waals surface area contributed by atoms with E-state index in [1.807, 2.05) is 5.38 Å². The summed E-state index contributed by atoms with van der Waals surface area (Å²) in [5, 5.41) is 5.81. The summed E-state index contributed by atoms with van der Waals surface area (Å²) in [6.07, 6.45) is 0. The molecule has 8 heteroatoms. The third kappa shape index (κ3) is 4.51. The summed E-state index contributed by atoms with van der Waals surface area (Å²) >= 11 is 1.55. The highest BCUT2D eigenvalue weighted by Crippen LogP contribution is 2.28. The zero-order valence-corrected chi connectivity index (χ0v) is 15.8. The Morgan fingerprint density at radius 1 is 1.27 bits per heavy atom. The number of ether oxygens (including phenoxy) is 3. The molecule has 2 aromatic rings. The van der Waals surface area contributed by atoms with E-state index in [1.54, 1.807) is 29.5 Å². The molecule has 0 spiro atoms. The highest BCUT2D eigenvalue weighted by molar-refractivity contribution is 7.09. The number of thiazole rings is 1. The van der Waals surface area contributed by atoms with Crippen LogP contribution in [0.4, 0.5) is 0 Å². The van der Waals surface area contributed by atoms with Crippen molar-refractivity contribution in [1.82, 2.24) is 15.2 Å². The van der Waals surface area contributed by atoms with E-state index in [-0.39, 0.29) is 5.91 Å². The lowest BCUT2D eigenvalue weighted by molar-refractivity contribution is 0.0337. The number of hydrogen-bond donors (Lipinski definition) is 1. The van der Waals surface area contributed by atoms with E-state index < -0.39 is 0 Å². The second-order valence-electron chi connectivity index (χ2n) is 5.84. The van der Waals surface area contributed by atoms with Crippen LogP contribution in [0.1, 0.15) is 21.1 Å². The zero-order chi connectivity index (χ0) is 18.4. The van der Waals surface area contributed by atoms with Crippen molar-refractivity contribution in [2.45, 2.75) is 13.1 Å². The van der Waals surface area contributed by atoms with Crippen LogP contribution in [-0.4, -0.2) is 56.3 Å². The quantitative estimate of drug-likeness (QED) is 0.795. The molecule has 0 bridgehead atoms. The van der Waals surface area contributed by atoms with Crippen LogP contribution in [0.5, 0.6) is 11.5 Å². The van der Waals surface area contributed by atoms with Crippen molar-refractivity contribution in [1.29, 1.82) is 0 Å². The molecule has 0 aliphatic carbocycles. The van der Waals surface area contributed by atoms with Crippen LogP contribution >= 0.6 is 11.3 Å². The number of morpholine rings is 1. The Kier molecular flexibility index (Phi) is 6.43. The molecular weight excluding hydrogens is 354 g/mol. The Hall–Kier alpha value is -2.16. The van der Waals surface area contributed by atoms with Crippen molar-refractivity contribution >= 4 is 17.2 Å². The first-order chi connectivity index (χ1) is 12.7. The third-order valence-electron chi connectivity index (χ3n) is 4.14. The van der Waals surface area contributed by atoms with E-state index in [4.69, 9.17) is 14.2 Å². The van der Waals surface area contributed by atoms with Crippen molar-refractivity contribution in [3.8, 4) is 11.5 Å². The smallest absolute Gasteiger partial charge is 0.259 e. The number of hydrogen-bond acceptors (Lipinski definition) is 7. The molecule has 2 heterocycles. The van der Waals surface area contributed by atoms with Gasteiger partial charge in [-0.25, -0.2) is 4.98 Å². The number of methoxy groups -OCH3 is 2. The summed E-state index contributed by atoms with van der Waals surface area (Å²) in [5.41, 5.74) is 1.42. The lowest BCUT2D eigenvalue weighted by atomic mass is 10.1. The van der Waals surface area contributed by atoms with Gasteiger partial charge in [-0.2, -0.15) is 0 Å². The molecule has 0 atom stereocenters. The van der Waals surface area contributed by atoms with Crippen molar-refractivity contribution < 1.29 is 19.0 Å². The molecule has 3 rings (SSSR count). The summed E-state index contributed by atoms with van der Waals surface area (Å²) in [5.74, 6) is 0.715. The van der Waals surface area contributed by atoms with Gasteiger partial charge in [-0.05, 0) is 12.1 Å². The first-order valence-corrected chi connectivity index (χ1v) is 9.31. The number of carbonyl (C=O) groups is 1. The fraction of sp³-hybridized carbons (Fsp3) is 0.444. The van der Waals surface area contributed by atoms with Crippen LogP contribution in [0.25, 0.3) is 0 Å². The first-order valence-electron chi connectivity index (χ1n) is 8.44. The second-order valence-corrected chi connectivity index (χ2v) is 6.78. The monoisotopic (exact) mass is 377 g/mol. The summed E-state index contributed by atoms with van der Waals surface area (Å²) in [4.78, 5) is 19.5. The molecule has 1 aromatic carbocycles. The lowest BCUT2D eigenvalue weighted by Gasteiger charge is -2.25. The maximum absolute atomic E-state index is 12.6. The molecule has 1 aliphatic heterocycles. The minimum atomic E-state index is -0.246. The van der Waals surface area contributed by atoms with Crippen LogP contribution in [0.2, 0.25) is 0 Å². The van der Waals surface area contributed by atoms with Gasteiger partial charge in [0, 0.05) is 25.0 Å². The van der Waals surface area contributed by atoms with E-state index >= 15 is 0 Å². The van der Waals surface area contributed by atoms with E-state index in [9.17, 15) is 4.79 Å². The van der Waals surface area contributed by atoms with E-state index in [0.717, 1.165) is 43.5 Å². The second kappa shape index (κ2) is 8.98. The van der Waals surface area contributed by atoms with Gasteiger partial charge in [-0.1, -0.05) is 6.07 Å². The SMILES string of the molecule is COc1cccc(OC)c1C(=O)NCc1nc(CN2CCOCC2)cs1. The minimum absolute atomic E-state index is 0.246. The zero-order valence-electron chi connectivity index (χ0n) is 15.0. The molecule has 140 valence electrons. The Labute approximate surface area is 156 Å². The predicted molar refractivity (Wildman–Crippen MR) is 98.9 cm³/mol. The summed E-state index contributed by atoms with van der Waals surface area (Å²) < 4.78 is 15.9. The van der Waals surface area contributed by atoms with Gasteiger partial charge >= 0.3 is 0 Å². The van der Waals surface area contributed by atoms with Crippen LogP contribution in [0.15, 0.2) is 23.6 Å². The molecular formula is C18H23N3O4S. The number of nitrogens with one attached hydrogen (secondary N) is 1. The topological polar surface area (TPSA) is 72.9 Å². The highest BCUT2D eigenvalue weighted by Gasteiger charge is 2.18. The highest BCUT2D eigenvalue weighted by atomic mass is 32.1. The van der Waals surface area contributed by atoms with Gasteiger partial charge in [-0.3, -0.25) is 9.69 Å². The standard InChI is InChI=1S/C18H23N3O4S/c1-23-14-4-3-5-15(24-2)17(14)18(22)19-10-16-20-13(12-26-16)11-21-6-8-25-9-7-21/h3-5,12H,6-11H2,1-2H3,(H,19,22). The van der Waals surface area contributed by atoms with Crippen LogP contribution in [0.3, 0.4) is 0 Å². The molecule has 1 N–H and O–H groups in total. The molecule has 1 aliphatic rings. The maximum Gasteiger partial charge on any atom is 0.259 e. The number of aromatic nitrogens is 1. The van der Waals surface area contributed by atoms with Crippen molar-refractivity contribution in [3.63, 3.8) is 0 Å². The number of rotatable bonds is 7. The largest absolute Gasteiger partial charge is 0.496 e. The lowest BCUT2D eigenvalue weighted by Crippen LogP contribution is -2.35. The Balaban J connectivity index is 1.60. The molecule has 1 aromatic heterocycles. The number of carbonyl (C=O) groups excluding carboxylic acids is 1. The van der Waals surface area contributed by atoms with Crippen molar-refractivity contribution in [3.05, 3.63) is 39.8 Å². The van der Waals surface area contributed by atoms with Crippen LogP contribution < -0.4 is 14.8 Å². The number of benzene rings is 1. The van der Waals surface area contributed by atoms with Gasteiger partial charge in [0.25, 0.3) is 5.91 Å². The average Bonchev–Trinajstić information content (AvgIpc) is 3.13. The normalized spacial score (nSPS) is 14.8. The molecule has 7 nitrogen and oxygen atoms in total. The molecule has 0 saturated carbocycles. The number of nitrogens with zero attached hydrogens (tertiary/aromatic N) is 2. The van der Waals surface area contributed by atoms with Gasteiger partial charge in [0.15, 0.2) is 0 Å². The van der Waals surface area contributed by atoms with Gasteiger partial charge in [0.05, 0.1) is 39.7 Å². The van der Waals surface area contributed by atoms with E-state index in [0.29, 0.717) is 23.6 Å². The first kappa shape index (κ1) is 18.6. The summed E-state index contributed by atoms with van der Waals surface area (Å²) in [7, 11) is 3.06. The summed E-state index contributed by atoms with van der Waals surface area (Å²) in [6, 6.07) is 5.26. The molecule has 1 saturated heterocycles. The van der Waals surface area contributed by atoms with Gasteiger partial charge < -0.3 is 19.5 Å². The van der Waals surface area contributed by atoms with Gasteiger partial charge in [-0.15, -0.1) is 11.3 Å². The third-order valence-corrected chi connectivity index (χ3v) is 5.04. The fourth-order valence-corrected chi connectivity index (χ4v) is 3.54. The maximum atomic E-state index is 12.6. The van der Waals surface area contributed by atoms with Gasteiger partial charge in [0.1, 0.15) is 22.1 Å². The Bertz CT molecular complexity index is 722. The van der Waals surface area contributed by atoms with Crippen molar-refractivity contribution in [2.75, 3.05) is 40.5 Å². The van der Waals surface area contributed by atoms with Crippen LogP contribution in [0, 0.1) is 0 Å². The average molecular weight is 377 g/mol. The van der Waals surface area contributed by atoms with Crippen molar-refractivity contribution in [2.24, 2.45) is 0 Å². The predicted octanol–water partition coefficient (Wildman–Crippen LogP) is 1.92. The number of amides is 1. The van der Waals surface area contributed by atoms with Crippen LogP contribution in [-0.2, 0) is 17.8 Å². The van der Waals surface area contributed by atoms with E-state index in [1.165, 1.54) is 14.2 Å². The Morgan fingerprint density at radius 3 is 2.62 bits per heavy atom. The minimum Gasteiger partial charge on any atom is -0.496 e. The Morgan fingerprint density at radius 2 is 1.96 bits per heavy atom. The summed E-state index contributed by atoms with van der Waals surface area (Å²) in [6.45, 7) is 4.58. The molecule has 26 heavy (non-hydrogen) atoms. The van der Waals surface area contributed by atoms with Gasteiger partial charge in [0.2, 0.25) is 0 Å². The van der Waals surface area contributed by atoms with E-state index in [2.05, 4.69) is 15.2 Å². The molecule has 1 fully saturated rings. The fourth-order valence-electron chi connectivity index (χ4n) is 2.81.